The molecule has 1 aromatic heterocycles. The lowest BCUT2D eigenvalue weighted by Crippen LogP contribution is -2.18. The predicted molar refractivity (Wildman–Crippen MR) is 112 cm³/mol. The Kier molecular flexibility index (Phi) is 8.76. The summed E-state index contributed by atoms with van der Waals surface area (Å²) in [5.74, 6) is 1.49. The van der Waals surface area contributed by atoms with E-state index in [1.165, 1.54) is 0 Å². The molecule has 1 N–H and O–H groups in total. The number of benzene rings is 1. The van der Waals surface area contributed by atoms with Crippen LogP contribution in [0.4, 0.5) is 5.69 Å². The van der Waals surface area contributed by atoms with Crippen molar-refractivity contribution in [2.75, 3.05) is 46.0 Å². The number of methoxy groups -OCH3 is 3. The molecular formula is C20H29N2O6P. The monoisotopic (exact) mass is 424 g/mol. The lowest BCUT2D eigenvalue weighted by molar-refractivity contribution is 0.219. The number of ether oxygens (including phenoxy) is 3. The largest absolute Gasteiger partial charge is 0.493 e. The van der Waals surface area contributed by atoms with E-state index in [-0.39, 0.29) is 19.4 Å². The van der Waals surface area contributed by atoms with E-state index >= 15 is 0 Å². The summed E-state index contributed by atoms with van der Waals surface area (Å²) < 4.78 is 40.6. The Hall–Kier alpha value is -2.28. The second-order valence-electron chi connectivity index (χ2n) is 6.03. The van der Waals surface area contributed by atoms with Crippen LogP contribution in [0.3, 0.4) is 0 Å². The maximum atomic E-state index is 13.2. The van der Waals surface area contributed by atoms with Crippen molar-refractivity contribution in [2.24, 2.45) is 0 Å². The highest BCUT2D eigenvalue weighted by Gasteiger charge is 2.31. The van der Waals surface area contributed by atoms with Crippen LogP contribution in [0.25, 0.3) is 0 Å². The van der Waals surface area contributed by atoms with E-state index in [0.29, 0.717) is 17.2 Å². The number of aromatic nitrogens is 1. The minimum Gasteiger partial charge on any atom is -0.493 e. The number of hydrogen-bond donors (Lipinski definition) is 1. The minimum absolute atomic E-state index is 0.113. The minimum atomic E-state index is -3.34. The van der Waals surface area contributed by atoms with Gasteiger partial charge >= 0.3 is 7.60 Å². The highest BCUT2D eigenvalue weighted by molar-refractivity contribution is 7.53. The van der Waals surface area contributed by atoms with Crippen LogP contribution in [0.15, 0.2) is 36.7 Å². The SMILES string of the molecule is CCOP(=O)(CC(Nc1cccnc1)c1cc(OC)c(OC)c(OC)c1)OCC. The molecule has 0 bridgehead atoms. The van der Waals surface area contributed by atoms with E-state index in [4.69, 9.17) is 23.3 Å². The van der Waals surface area contributed by atoms with Crippen molar-refractivity contribution in [3.8, 4) is 17.2 Å². The average molecular weight is 424 g/mol. The van der Waals surface area contributed by atoms with Crippen molar-refractivity contribution in [3.63, 3.8) is 0 Å². The van der Waals surface area contributed by atoms with Crippen LogP contribution in [0.5, 0.6) is 17.2 Å². The Morgan fingerprint density at radius 1 is 1.03 bits per heavy atom. The van der Waals surface area contributed by atoms with Crippen LogP contribution in [0.2, 0.25) is 0 Å². The van der Waals surface area contributed by atoms with Crippen LogP contribution in [-0.2, 0) is 13.6 Å². The lowest BCUT2D eigenvalue weighted by atomic mass is 10.1. The normalized spacial score (nSPS) is 12.3. The van der Waals surface area contributed by atoms with E-state index in [9.17, 15) is 4.57 Å². The molecule has 1 atom stereocenters. The molecule has 0 spiro atoms. The molecular weight excluding hydrogens is 395 g/mol. The van der Waals surface area contributed by atoms with Gasteiger partial charge in [-0.3, -0.25) is 9.55 Å². The molecule has 9 heteroatoms. The number of nitrogens with zero attached hydrogens (tertiary/aromatic N) is 1. The van der Waals surface area contributed by atoms with Crippen molar-refractivity contribution < 1.29 is 27.8 Å². The van der Waals surface area contributed by atoms with Gasteiger partial charge in [0.25, 0.3) is 0 Å². The van der Waals surface area contributed by atoms with Gasteiger partial charge < -0.3 is 28.6 Å². The van der Waals surface area contributed by atoms with Crippen LogP contribution in [0, 0.1) is 0 Å². The van der Waals surface area contributed by atoms with E-state index in [1.54, 1.807) is 47.6 Å². The first-order valence-corrected chi connectivity index (χ1v) is 11.1. The fourth-order valence-corrected chi connectivity index (χ4v) is 4.77. The van der Waals surface area contributed by atoms with Gasteiger partial charge in [0.05, 0.1) is 52.4 Å². The van der Waals surface area contributed by atoms with Gasteiger partial charge in [-0.05, 0) is 43.7 Å². The van der Waals surface area contributed by atoms with Crippen LogP contribution in [0.1, 0.15) is 25.5 Å². The smallest absolute Gasteiger partial charge is 0.333 e. The Labute approximate surface area is 172 Å². The standard InChI is InChI=1S/C20H29N2O6P/c1-6-27-29(23,28-7-2)14-17(22-16-9-8-10-21-13-16)15-11-18(24-3)20(26-5)19(12-15)25-4/h8-13,17,22H,6-7,14H2,1-5H3. The van der Waals surface area contributed by atoms with E-state index in [2.05, 4.69) is 10.3 Å². The lowest BCUT2D eigenvalue weighted by Gasteiger charge is -2.26. The first-order valence-electron chi connectivity index (χ1n) is 9.34. The summed E-state index contributed by atoms with van der Waals surface area (Å²) in [6.45, 7) is 4.14. The first-order chi connectivity index (χ1) is 14.0. The van der Waals surface area contributed by atoms with Crippen LogP contribution in [-0.4, -0.2) is 45.7 Å². The molecule has 0 aliphatic carbocycles. The second-order valence-corrected chi connectivity index (χ2v) is 8.13. The Morgan fingerprint density at radius 2 is 1.66 bits per heavy atom. The molecule has 2 aromatic rings. The fraction of sp³-hybridized carbons (Fsp3) is 0.450. The molecule has 160 valence electrons. The zero-order valence-electron chi connectivity index (χ0n) is 17.5. The van der Waals surface area contributed by atoms with Gasteiger partial charge in [0, 0.05) is 12.4 Å². The zero-order valence-corrected chi connectivity index (χ0v) is 18.4. The highest BCUT2D eigenvalue weighted by atomic mass is 31.2. The fourth-order valence-electron chi connectivity index (χ4n) is 2.95. The molecule has 1 unspecified atom stereocenters. The summed E-state index contributed by atoms with van der Waals surface area (Å²) >= 11 is 0. The van der Waals surface area contributed by atoms with Crippen molar-refractivity contribution in [1.82, 2.24) is 4.98 Å². The third-order valence-electron chi connectivity index (χ3n) is 4.15. The van der Waals surface area contributed by atoms with Crippen LogP contribution < -0.4 is 19.5 Å². The molecule has 0 fully saturated rings. The number of pyridine rings is 1. The van der Waals surface area contributed by atoms with Gasteiger partial charge in [0.1, 0.15) is 0 Å². The maximum absolute atomic E-state index is 13.2. The topological polar surface area (TPSA) is 88.1 Å². The average Bonchev–Trinajstić information content (AvgIpc) is 2.73. The van der Waals surface area contributed by atoms with Crippen LogP contribution >= 0.6 is 7.60 Å². The molecule has 0 saturated heterocycles. The van der Waals surface area contributed by atoms with Crippen molar-refractivity contribution in [3.05, 3.63) is 42.2 Å². The van der Waals surface area contributed by atoms with Crippen molar-refractivity contribution in [1.29, 1.82) is 0 Å². The Balaban J connectivity index is 2.50. The van der Waals surface area contributed by atoms with Gasteiger partial charge in [-0.1, -0.05) is 0 Å². The van der Waals surface area contributed by atoms with E-state index in [1.807, 2.05) is 24.3 Å². The second kappa shape index (κ2) is 11.0. The van der Waals surface area contributed by atoms with Gasteiger partial charge in [-0.2, -0.15) is 0 Å². The van der Waals surface area contributed by atoms with Gasteiger partial charge in [0.15, 0.2) is 11.5 Å². The first kappa shape index (κ1) is 23.0. The zero-order chi connectivity index (χ0) is 21.3. The quantitative estimate of drug-likeness (QED) is 0.498. The highest BCUT2D eigenvalue weighted by Crippen LogP contribution is 2.52. The Bertz CT molecular complexity index is 783. The molecule has 0 saturated carbocycles. The summed E-state index contributed by atoms with van der Waals surface area (Å²) in [7, 11) is 1.31. The molecule has 29 heavy (non-hydrogen) atoms. The summed E-state index contributed by atoms with van der Waals surface area (Å²) in [6.07, 6.45) is 3.49. The molecule has 0 aliphatic rings. The maximum Gasteiger partial charge on any atom is 0.333 e. The predicted octanol–water partition coefficient (Wildman–Crippen LogP) is 4.53. The van der Waals surface area contributed by atoms with Crippen molar-refractivity contribution >= 4 is 13.3 Å². The van der Waals surface area contributed by atoms with Gasteiger partial charge in [-0.25, -0.2) is 0 Å². The van der Waals surface area contributed by atoms with E-state index < -0.39 is 13.6 Å². The third kappa shape index (κ3) is 6.10. The summed E-state index contributed by atoms with van der Waals surface area (Å²) in [6, 6.07) is 6.91. The number of nitrogens with one attached hydrogen (secondary N) is 1. The molecule has 1 heterocycles. The molecule has 8 nitrogen and oxygen atoms in total. The summed E-state index contributed by atoms with van der Waals surface area (Å²) in [5.41, 5.74) is 1.55. The number of anilines is 1. The number of rotatable bonds is 12. The molecule has 2 rings (SSSR count). The molecule has 0 aliphatic heterocycles. The number of hydrogen-bond acceptors (Lipinski definition) is 8. The van der Waals surface area contributed by atoms with E-state index in [0.717, 1.165) is 11.3 Å². The molecule has 0 radical (unpaired) electrons. The molecule has 0 amide bonds. The Morgan fingerprint density at radius 3 is 2.10 bits per heavy atom. The van der Waals surface area contributed by atoms with Gasteiger partial charge in [0.2, 0.25) is 5.75 Å². The summed E-state index contributed by atoms with van der Waals surface area (Å²) in [4.78, 5) is 4.13. The third-order valence-corrected chi connectivity index (χ3v) is 6.27. The summed E-state index contributed by atoms with van der Waals surface area (Å²) in [5, 5.41) is 3.36. The molecule has 1 aromatic carbocycles. The van der Waals surface area contributed by atoms with Crippen molar-refractivity contribution in [2.45, 2.75) is 19.9 Å². The van der Waals surface area contributed by atoms with Gasteiger partial charge in [-0.15, -0.1) is 0 Å².